The summed E-state index contributed by atoms with van der Waals surface area (Å²) in [7, 11) is 0. The molecule has 1 amide bonds. The van der Waals surface area contributed by atoms with Crippen LogP contribution in [0.3, 0.4) is 0 Å². The van der Waals surface area contributed by atoms with Crippen molar-refractivity contribution in [2.45, 2.75) is 161 Å². The number of hydrogen-bond donors (Lipinski definition) is 3. The van der Waals surface area contributed by atoms with E-state index in [4.69, 9.17) is 0 Å². The fraction of sp³-hybridized carbons (Fsp3) is 0.788. The van der Waals surface area contributed by atoms with E-state index in [-0.39, 0.29) is 12.5 Å². The van der Waals surface area contributed by atoms with Crippen molar-refractivity contribution in [2.75, 3.05) is 6.61 Å². The van der Waals surface area contributed by atoms with Crippen LogP contribution in [0.1, 0.15) is 149 Å². The average molecular weight is 520 g/mol. The van der Waals surface area contributed by atoms with Gasteiger partial charge in [0.05, 0.1) is 18.8 Å². The first kappa shape index (κ1) is 35.6. The Kier molecular flexibility index (Phi) is 28.1. The van der Waals surface area contributed by atoms with E-state index in [2.05, 4.69) is 43.5 Å². The third-order valence-corrected chi connectivity index (χ3v) is 6.85. The smallest absolute Gasteiger partial charge is 0.220 e. The molecule has 0 heterocycles. The number of carbonyl (C=O) groups excluding carboxylic acids is 1. The number of allylic oxidation sites excluding steroid dienone is 5. The highest BCUT2D eigenvalue weighted by Crippen LogP contribution is 2.10. The van der Waals surface area contributed by atoms with Gasteiger partial charge in [-0.1, -0.05) is 121 Å². The van der Waals surface area contributed by atoms with Gasteiger partial charge in [0, 0.05) is 6.42 Å². The molecule has 0 unspecified atom stereocenters. The second-order valence-electron chi connectivity index (χ2n) is 10.5. The zero-order chi connectivity index (χ0) is 27.2. The van der Waals surface area contributed by atoms with E-state index in [1.54, 1.807) is 6.08 Å². The summed E-state index contributed by atoms with van der Waals surface area (Å²) in [5.74, 6) is -0.0877. The standard InChI is InChI=1S/C33H61NO3/c1-3-5-7-9-11-13-15-16-17-19-21-23-25-27-29-33(37)34-31(30-35)32(36)28-26-24-22-20-18-14-12-10-8-6-4-2/h15-16,18,20,26,28,31-32,35-36H,3-14,17,19,21-25,27,29-30H2,1-2H3,(H,34,37)/b16-15+,20-18+,28-26+/t31-,32+/m0/s1. The Balaban J connectivity index is 3.74. The molecule has 0 saturated heterocycles. The van der Waals surface area contributed by atoms with Crippen LogP contribution in [0.25, 0.3) is 0 Å². The van der Waals surface area contributed by atoms with Gasteiger partial charge in [0.15, 0.2) is 0 Å². The summed E-state index contributed by atoms with van der Waals surface area (Å²) in [4.78, 5) is 12.2. The minimum atomic E-state index is -0.860. The highest BCUT2D eigenvalue weighted by atomic mass is 16.3. The molecule has 0 aromatic carbocycles. The monoisotopic (exact) mass is 519 g/mol. The molecular formula is C33H61NO3. The van der Waals surface area contributed by atoms with E-state index in [0.717, 1.165) is 44.9 Å². The Bertz CT molecular complexity index is 570. The van der Waals surface area contributed by atoms with Gasteiger partial charge in [0.25, 0.3) is 0 Å². The first-order valence-corrected chi connectivity index (χ1v) is 15.7. The second kappa shape index (κ2) is 29.2. The predicted molar refractivity (Wildman–Crippen MR) is 161 cm³/mol. The number of rotatable bonds is 27. The van der Waals surface area contributed by atoms with Crippen LogP contribution in [-0.4, -0.2) is 34.9 Å². The molecule has 0 radical (unpaired) electrons. The van der Waals surface area contributed by atoms with Gasteiger partial charge in [-0.3, -0.25) is 4.79 Å². The molecule has 0 spiro atoms. The van der Waals surface area contributed by atoms with E-state index in [0.29, 0.717) is 6.42 Å². The molecule has 2 atom stereocenters. The van der Waals surface area contributed by atoms with Gasteiger partial charge in [-0.25, -0.2) is 0 Å². The molecule has 0 aromatic heterocycles. The van der Waals surface area contributed by atoms with Gasteiger partial charge in [0.2, 0.25) is 5.91 Å². The average Bonchev–Trinajstić information content (AvgIpc) is 2.90. The van der Waals surface area contributed by atoms with Crippen LogP contribution >= 0.6 is 0 Å². The SMILES string of the molecule is CCCCCCC/C=C/CC/C=C/[C@@H](O)[C@H](CO)NC(=O)CCCCCCC/C=C/CCCCCCC. The van der Waals surface area contributed by atoms with Gasteiger partial charge in [-0.2, -0.15) is 0 Å². The molecule has 0 rings (SSSR count). The van der Waals surface area contributed by atoms with Gasteiger partial charge in [0.1, 0.15) is 0 Å². The normalized spacial score (nSPS) is 13.7. The van der Waals surface area contributed by atoms with Crippen molar-refractivity contribution < 1.29 is 15.0 Å². The summed E-state index contributed by atoms with van der Waals surface area (Å²) in [5, 5.41) is 22.7. The molecule has 0 aromatic rings. The first-order chi connectivity index (χ1) is 18.2. The molecule has 0 aliphatic rings. The zero-order valence-electron chi connectivity index (χ0n) is 24.5. The van der Waals surface area contributed by atoms with Crippen LogP contribution in [-0.2, 0) is 4.79 Å². The Hall–Kier alpha value is -1.39. The number of unbranched alkanes of at least 4 members (excludes halogenated alkanes) is 16. The lowest BCUT2D eigenvalue weighted by atomic mass is 10.1. The minimum absolute atomic E-state index is 0.0877. The molecule has 0 fully saturated rings. The highest BCUT2D eigenvalue weighted by Gasteiger charge is 2.17. The minimum Gasteiger partial charge on any atom is -0.394 e. The lowest BCUT2D eigenvalue weighted by molar-refractivity contribution is -0.123. The van der Waals surface area contributed by atoms with Crippen molar-refractivity contribution in [1.82, 2.24) is 5.32 Å². The van der Waals surface area contributed by atoms with Crippen LogP contribution in [0, 0.1) is 0 Å². The van der Waals surface area contributed by atoms with Crippen molar-refractivity contribution in [3.05, 3.63) is 36.5 Å². The lowest BCUT2D eigenvalue weighted by Gasteiger charge is -2.19. The van der Waals surface area contributed by atoms with Crippen molar-refractivity contribution in [3.63, 3.8) is 0 Å². The molecule has 216 valence electrons. The Morgan fingerprint density at radius 1 is 0.622 bits per heavy atom. The van der Waals surface area contributed by atoms with Gasteiger partial charge >= 0.3 is 0 Å². The topological polar surface area (TPSA) is 69.6 Å². The van der Waals surface area contributed by atoms with Crippen molar-refractivity contribution in [3.8, 4) is 0 Å². The number of nitrogens with one attached hydrogen (secondary N) is 1. The molecule has 0 saturated carbocycles. The van der Waals surface area contributed by atoms with Crippen LogP contribution < -0.4 is 5.32 Å². The maximum atomic E-state index is 12.2. The number of aliphatic hydroxyl groups is 2. The summed E-state index contributed by atoms with van der Waals surface area (Å²) in [6.45, 7) is 4.23. The molecular weight excluding hydrogens is 458 g/mol. The van der Waals surface area contributed by atoms with Crippen LogP contribution in [0.4, 0.5) is 0 Å². The van der Waals surface area contributed by atoms with Crippen molar-refractivity contribution in [1.29, 1.82) is 0 Å². The summed E-state index contributed by atoms with van der Waals surface area (Å²) in [6.07, 6.45) is 36.4. The summed E-state index contributed by atoms with van der Waals surface area (Å²) in [6, 6.07) is -0.638. The maximum absolute atomic E-state index is 12.2. The van der Waals surface area contributed by atoms with E-state index in [1.807, 2.05) is 6.08 Å². The Morgan fingerprint density at radius 2 is 1.05 bits per heavy atom. The quantitative estimate of drug-likeness (QED) is 0.0750. The third kappa shape index (κ3) is 26.0. The Labute approximate surface area is 230 Å². The fourth-order valence-corrected chi connectivity index (χ4v) is 4.36. The van der Waals surface area contributed by atoms with Crippen LogP contribution in [0.15, 0.2) is 36.5 Å². The largest absolute Gasteiger partial charge is 0.394 e. The summed E-state index contributed by atoms with van der Waals surface area (Å²) < 4.78 is 0. The van der Waals surface area contributed by atoms with E-state index < -0.39 is 12.1 Å². The van der Waals surface area contributed by atoms with Gasteiger partial charge in [-0.05, 0) is 57.8 Å². The lowest BCUT2D eigenvalue weighted by Crippen LogP contribution is -2.45. The van der Waals surface area contributed by atoms with Crippen molar-refractivity contribution in [2.24, 2.45) is 0 Å². The van der Waals surface area contributed by atoms with E-state index in [9.17, 15) is 15.0 Å². The molecule has 4 heteroatoms. The summed E-state index contributed by atoms with van der Waals surface area (Å²) >= 11 is 0. The summed E-state index contributed by atoms with van der Waals surface area (Å²) in [5.41, 5.74) is 0. The van der Waals surface area contributed by atoms with E-state index in [1.165, 1.54) is 83.5 Å². The number of carbonyl (C=O) groups is 1. The molecule has 0 aliphatic carbocycles. The number of amides is 1. The molecule has 0 bridgehead atoms. The van der Waals surface area contributed by atoms with Crippen LogP contribution in [0.5, 0.6) is 0 Å². The second-order valence-corrected chi connectivity index (χ2v) is 10.5. The van der Waals surface area contributed by atoms with Gasteiger partial charge < -0.3 is 15.5 Å². The molecule has 0 aliphatic heterocycles. The molecule has 4 nitrogen and oxygen atoms in total. The maximum Gasteiger partial charge on any atom is 0.220 e. The Morgan fingerprint density at radius 3 is 1.57 bits per heavy atom. The molecule has 37 heavy (non-hydrogen) atoms. The fourth-order valence-electron chi connectivity index (χ4n) is 4.36. The first-order valence-electron chi connectivity index (χ1n) is 15.7. The third-order valence-electron chi connectivity index (χ3n) is 6.85. The van der Waals surface area contributed by atoms with Gasteiger partial charge in [-0.15, -0.1) is 0 Å². The molecule has 3 N–H and O–H groups in total. The van der Waals surface area contributed by atoms with E-state index >= 15 is 0 Å². The predicted octanol–water partition coefficient (Wildman–Crippen LogP) is 8.72. The number of aliphatic hydroxyl groups excluding tert-OH is 2. The highest BCUT2D eigenvalue weighted by molar-refractivity contribution is 5.76. The van der Waals surface area contributed by atoms with Crippen molar-refractivity contribution >= 4 is 5.91 Å². The zero-order valence-corrected chi connectivity index (χ0v) is 24.5. The van der Waals surface area contributed by atoms with Crippen LogP contribution in [0.2, 0.25) is 0 Å². The number of hydrogen-bond acceptors (Lipinski definition) is 3.